The van der Waals surface area contributed by atoms with Gasteiger partial charge in [0.05, 0.1) is 28.9 Å². The molecule has 0 saturated carbocycles. The maximum atomic E-state index is 12.0. The molecule has 1 saturated heterocycles. The second kappa shape index (κ2) is 9.34. The summed E-state index contributed by atoms with van der Waals surface area (Å²) in [6.45, 7) is 4.20. The Labute approximate surface area is 172 Å². The van der Waals surface area contributed by atoms with Gasteiger partial charge < -0.3 is 9.15 Å². The van der Waals surface area contributed by atoms with Crippen LogP contribution in [0.15, 0.2) is 45.9 Å². The van der Waals surface area contributed by atoms with Gasteiger partial charge in [-0.15, -0.1) is 23.5 Å². The number of hydrogen-bond acceptors (Lipinski definition) is 7. The van der Waals surface area contributed by atoms with E-state index in [9.17, 15) is 9.59 Å². The van der Waals surface area contributed by atoms with E-state index in [1.807, 2.05) is 29.6 Å². The Balaban J connectivity index is 1.55. The van der Waals surface area contributed by atoms with Crippen LogP contribution in [0.2, 0.25) is 0 Å². The second-order valence-corrected chi connectivity index (χ2v) is 9.75. The Bertz CT molecular complexity index is 855. The largest absolute Gasteiger partial charge is 0.462 e. The van der Waals surface area contributed by atoms with Crippen LogP contribution in [0.25, 0.3) is 11.3 Å². The van der Waals surface area contributed by atoms with Crippen molar-refractivity contribution in [3.05, 3.63) is 47.7 Å². The first-order valence-electron chi connectivity index (χ1n) is 8.96. The molecule has 1 aromatic carbocycles. The fraction of sp³-hybridized carbons (Fsp3) is 0.350. The zero-order valence-corrected chi connectivity index (χ0v) is 17.4. The monoisotopic (exact) mass is 418 g/mol. The van der Waals surface area contributed by atoms with Crippen molar-refractivity contribution in [3.8, 4) is 11.3 Å². The highest BCUT2D eigenvalue weighted by Gasteiger charge is 2.32. The molecule has 0 bridgehead atoms. The standard InChI is InChI=1S/C20H22N2O4S2/c1-3-25-19(24)15-6-4-14(5-7-15)17-9-8-16(26-17)13-21-22-18(23)12-20(2)27-10-11-28-20/h4-9,13H,3,10-12H2,1-2H3,(H,22,23). The summed E-state index contributed by atoms with van der Waals surface area (Å²) < 4.78 is 10.6. The molecule has 1 aromatic heterocycles. The predicted octanol–water partition coefficient (Wildman–Crippen LogP) is 4.16. The molecule has 28 heavy (non-hydrogen) atoms. The van der Waals surface area contributed by atoms with Gasteiger partial charge in [0, 0.05) is 17.1 Å². The summed E-state index contributed by atoms with van der Waals surface area (Å²) >= 11 is 3.62. The van der Waals surface area contributed by atoms with Crippen LogP contribution in [-0.2, 0) is 9.53 Å². The fourth-order valence-corrected chi connectivity index (χ4v) is 5.55. The molecule has 8 heteroatoms. The van der Waals surface area contributed by atoms with Gasteiger partial charge in [-0.1, -0.05) is 12.1 Å². The van der Waals surface area contributed by atoms with Crippen LogP contribution in [0.1, 0.15) is 36.4 Å². The Kier molecular flexibility index (Phi) is 6.85. The summed E-state index contributed by atoms with van der Waals surface area (Å²) in [5, 5.41) is 3.98. The smallest absolute Gasteiger partial charge is 0.338 e. The predicted molar refractivity (Wildman–Crippen MR) is 114 cm³/mol. The Morgan fingerprint density at radius 1 is 1.21 bits per heavy atom. The highest BCUT2D eigenvalue weighted by molar-refractivity contribution is 8.21. The van der Waals surface area contributed by atoms with Gasteiger partial charge in [-0.3, -0.25) is 4.79 Å². The van der Waals surface area contributed by atoms with Crippen LogP contribution in [0.3, 0.4) is 0 Å². The van der Waals surface area contributed by atoms with E-state index >= 15 is 0 Å². The molecular weight excluding hydrogens is 396 g/mol. The lowest BCUT2D eigenvalue weighted by molar-refractivity contribution is -0.121. The third-order valence-corrected chi connectivity index (χ3v) is 7.36. The number of nitrogens with one attached hydrogen (secondary N) is 1. The summed E-state index contributed by atoms with van der Waals surface area (Å²) in [5.74, 6) is 2.87. The van der Waals surface area contributed by atoms with Gasteiger partial charge in [0.2, 0.25) is 5.91 Å². The summed E-state index contributed by atoms with van der Waals surface area (Å²) in [4.78, 5) is 23.7. The third kappa shape index (κ3) is 5.42. The van der Waals surface area contributed by atoms with Crippen molar-refractivity contribution in [2.45, 2.75) is 24.3 Å². The average Bonchev–Trinajstić information content (AvgIpc) is 3.31. The quantitative estimate of drug-likeness (QED) is 0.413. The molecule has 0 unspecified atom stereocenters. The number of carbonyl (C=O) groups is 2. The lowest BCUT2D eigenvalue weighted by Gasteiger charge is -2.19. The lowest BCUT2D eigenvalue weighted by Crippen LogP contribution is -2.26. The number of hydrogen-bond donors (Lipinski definition) is 1. The summed E-state index contributed by atoms with van der Waals surface area (Å²) in [6, 6.07) is 10.6. The highest BCUT2D eigenvalue weighted by Crippen LogP contribution is 2.45. The third-order valence-electron chi connectivity index (χ3n) is 4.07. The number of thioether (sulfide) groups is 2. The van der Waals surface area contributed by atoms with Crippen LogP contribution in [-0.4, -0.2) is 40.3 Å². The number of amides is 1. The molecule has 1 aliphatic rings. The number of rotatable bonds is 7. The Morgan fingerprint density at radius 2 is 1.93 bits per heavy atom. The molecule has 2 aromatic rings. The Hall–Kier alpha value is -2.19. The van der Waals surface area contributed by atoms with Gasteiger partial charge in [-0.05, 0) is 38.1 Å². The van der Waals surface area contributed by atoms with Crippen molar-refractivity contribution >= 4 is 41.6 Å². The lowest BCUT2D eigenvalue weighted by atomic mass is 10.1. The number of benzene rings is 1. The van der Waals surface area contributed by atoms with Crippen molar-refractivity contribution in [3.63, 3.8) is 0 Å². The molecule has 0 aliphatic carbocycles. The first-order valence-corrected chi connectivity index (χ1v) is 10.9. The van der Waals surface area contributed by atoms with E-state index in [1.54, 1.807) is 37.3 Å². The number of ether oxygens (including phenoxy) is 1. The fourth-order valence-electron chi connectivity index (χ4n) is 2.72. The molecular formula is C20H22N2O4S2. The number of nitrogens with zero attached hydrogens (tertiary/aromatic N) is 1. The molecule has 1 fully saturated rings. The maximum absolute atomic E-state index is 12.0. The minimum Gasteiger partial charge on any atom is -0.462 e. The summed E-state index contributed by atoms with van der Waals surface area (Å²) in [7, 11) is 0. The van der Waals surface area contributed by atoms with Crippen LogP contribution in [0.5, 0.6) is 0 Å². The van der Waals surface area contributed by atoms with Crippen LogP contribution in [0.4, 0.5) is 0 Å². The molecule has 1 N–H and O–H groups in total. The van der Waals surface area contributed by atoms with E-state index < -0.39 is 0 Å². The molecule has 3 rings (SSSR count). The molecule has 6 nitrogen and oxygen atoms in total. The van der Waals surface area contributed by atoms with E-state index in [-0.39, 0.29) is 16.0 Å². The minimum atomic E-state index is -0.347. The van der Waals surface area contributed by atoms with Crippen molar-refractivity contribution < 1.29 is 18.7 Å². The van der Waals surface area contributed by atoms with Crippen molar-refractivity contribution in [1.82, 2.24) is 5.43 Å². The van der Waals surface area contributed by atoms with Crippen LogP contribution >= 0.6 is 23.5 Å². The second-order valence-electron chi connectivity index (χ2n) is 6.30. The van der Waals surface area contributed by atoms with E-state index in [2.05, 4.69) is 17.5 Å². The molecule has 2 heterocycles. The molecule has 0 atom stereocenters. The number of furan rings is 1. The van der Waals surface area contributed by atoms with Gasteiger partial charge in [0.15, 0.2) is 0 Å². The van der Waals surface area contributed by atoms with Gasteiger partial charge in [-0.25, -0.2) is 10.2 Å². The minimum absolute atomic E-state index is 0.0623. The molecule has 1 amide bonds. The topological polar surface area (TPSA) is 80.9 Å². The number of carbonyl (C=O) groups excluding carboxylic acids is 2. The van der Waals surface area contributed by atoms with Crippen molar-refractivity contribution in [2.75, 3.05) is 18.1 Å². The number of hydrazone groups is 1. The summed E-state index contributed by atoms with van der Waals surface area (Å²) in [6.07, 6.45) is 1.90. The van der Waals surface area contributed by atoms with Crippen molar-refractivity contribution in [1.29, 1.82) is 0 Å². The molecule has 148 valence electrons. The average molecular weight is 419 g/mol. The van der Waals surface area contributed by atoms with Crippen LogP contribution in [0, 0.1) is 0 Å². The zero-order chi connectivity index (χ0) is 20.0. The van der Waals surface area contributed by atoms with Crippen LogP contribution < -0.4 is 5.43 Å². The number of esters is 1. The van der Waals surface area contributed by atoms with Gasteiger partial charge >= 0.3 is 5.97 Å². The van der Waals surface area contributed by atoms with Crippen molar-refractivity contribution in [2.24, 2.45) is 5.10 Å². The van der Waals surface area contributed by atoms with E-state index in [0.29, 0.717) is 30.1 Å². The zero-order valence-electron chi connectivity index (χ0n) is 15.8. The molecule has 0 spiro atoms. The van der Waals surface area contributed by atoms with E-state index in [0.717, 1.165) is 17.1 Å². The summed E-state index contributed by atoms with van der Waals surface area (Å²) in [5.41, 5.74) is 3.88. The molecule has 1 aliphatic heterocycles. The maximum Gasteiger partial charge on any atom is 0.338 e. The van der Waals surface area contributed by atoms with E-state index in [1.165, 1.54) is 6.21 Å². The normalized spacial score (nSPS) is 15.6. The SMILES string of the molecule is CCOC(=O)c1ccc(-c2ccc(C=NNC(=O)CC3(C)SCCS3)o2)cc1. The highest BCUT2D eigenvalue weighted by atomic mass is 32.2. The molecule has 0 radical (unpaired) electrons. The van der Waals surface area contributed by atoms with E-state index in [4.69, 9.17) is 9.15 Å². The van der Waals surface area contributed by atoms with Gasteiger partial charge in [0.1, 0.15) is 11.5 Å². The van der Waals surface area contributed by atoms with Gasteiger partial charge in [0.25, 0.3) is 0 Å². The Morgan fingerprint density at radius 3 is 2.61 bits per heavy atom. The first kappa shape index (κ1) is 20.5. The first-order chi connectivity index (χ1) is 13.5. The van der Waals surface area contributed by atoms with Gasteiger partial charge in [-0.2, -0.15) is 5.10 Å².